The Hall–Kier alpha value is -1.32. The fraction of sp³-hybridized carbons (Fsp3) is 0.733. The van der Waals surface area contributed by atoms with Crippen molar-refractivity contribution in [2.45, 2.75) is 64.9 Å². The lowest BCUT2D eigenvalue weighted by Crippen LogP contribution is -2.35. The van der Waals surface area contributed by atoms with Gasteiger partial charge in [-0.15, -0.1) is 0 Å². The minimum Gasteiger partial charge on any atom is -0.478 e. The molecular weight excluding hydrogens is 244 g/mol. The van der Waals surface area contributed by atoms with E-state index in [1.165, 1.54) is 0 Å². The van der Waals surface area contributed by atoms with E-state index in [1.54, 1.807) is 0 Å². The summed E-state index contributed by atoms with van der Waals surface area (Å²) in [6.07, 6.45) is 4.50. The standard InChI is InChI=1S/C15H24O4/c1-11(13(17)18)15(8-6-5-7-9-15)10-12(16)19-14(2,3)4/h1,5-10H2,2-4H3,(H,17,18). The molecule has 4 heteroatoms. The summed E-state index contributed by atoms with van der Waals surface area (Å²) in [5, 5.41) is 9.19. The predicted octanol–water partition coefficient (Wildman–Crippen LogP) is 3.31. The zero-order chi connectivity index (χ0) is 14.7. The topological polar surface area (TPSA) is 63.6 Å². The second-order valence-electron chi connectivity index (χ2n) is 6.39. The summed E-state index contributed by atoms with van der Waals surface area (Å²) >= 11 is 0. The Labute approximate surface area is 114 Å². The highest BCUT2D eigenvalue weighted by molar-refractivity contribution is 5.88. The number of esters is 1. The maximum absolute atomic E-state index is 12.0. The van der Waals surface area contributed by atoms with Crippen LogP contribution in [0.25, 0.3) is 0 Å². The van der Waals surface area contributed by atoms with Gasteiger partial charge in [0.15, 0.2) is 0 Å². The van der Waals surface area contributed by atoms with Gasteiger partial charge in [-0.3, -0.25) is 4.79 Å². The van der Waals surface area contributed by atoms with E-state index < -0.39 is 17.0 Å². The van der Waals surface area contributed by atoms with Crippen LogP contribution in [0.5, 0.6) is 0 Å². The number of ether oxygens (including phenoxy) is 1. The molecule has 1 aliphatic rings. The van der Waals surface area contributed by atoms with Crippen LogP contribution in [0.1, 0.15) is 59.3 Å². The molecule has 19 heavy (non-hydrogen) atoms. The Morgan fingerprint density at radius 1 is 1.21 bits per heavy atom. The van der Waals surface area contributed by atoms with E-state index in [4.69, 9.17) is 4.74 Å². The van der Waals surface area contributed by atoms with Gasteiger partial charge < -0.3 is 9.84 Å². The van der Waals surface area contributed by atoms with Crippen LogP contribution in [-0.2, 0) is 14.3 Å². The van der Waals surface area contributed by atoms with Gasteiger partial charge in [-0.1, -0.05) is 25.8 Å². The third kappa shape index (κ3) is 4.37. The molecule has 1 fully saturated rings. The Kier molecular flexibility index (Phi) is 4.77. The summed E-state index contributed by atoms with van der Waals surface area (Å²) < 4.78 is 5.32. The minimum atomic E-state index is -1.01. The second-order valence-corrected chi connectivity index (χ2v) is 6.39. The molecular formula is C15H24O4. The van der Waals surface area contributed by atoms with Crippen LogP contribution in [0.3, 0.4) is 0 Å². The molecule has 0 amide bonds. The molecule has 0 bridgehead atoms. The van der Waals surface area contributed by atoms with Crippen LogP contribution in [-0.4, -0.2) is 22.6 Å². The molecule has 0 aromatic heterocycles. The molecule has 0 aliphatic heterocycles. The normalized spacial score (nSPS) is 18.7. The molecule has 1 saturated carbocycles. The number of aliphatic carboxylic acids is 1. The fourth-order valence-corrected chi connectivity index (χ4v) is 2.69. The molecule has 1 N–H and O–H groups in total. The molecule has 1 aliphatic carbocycles. The first-order valence-electron chi connectivity index (χ1n) is 6.81. The van der Waals surface area contributed by atoms with E-state index in [9.17, 15) is 14.7 Å². The van der Waals surface area contributed by atoms with Gasteiger partial charge in [0.1, 0.15) is 5.60 Å². The van der Waals surface area contributed by atoms with Crippen LogP contribution in [0, 0.1) is 5.41 Å². The summed E-state index contributed by atoms with van der Waals surface area (Å²) in [5.41, 5.74) is -1.01. The summed E-state index contributed by atoms with van der Waals surface area (Å²) in [6, 6.07) is 0. The highest BCUT2D eigenvalue weighted by Gasteiger charge is 2.40. The Bertz CT molecular complexity index is 370. The highest BCUT2D eigenvalue weighted by Crippen LogP contribution is 2.45. The first kappa shape index (κ1) is 15.7. The fourth-order valence-electron chi connectivity index (χ4n) is 2.69. The van der Waals surface area contributed by atoms with E-state index in [0.29, 0.717) is 12.8 Å². The van der Waals surface area contributed by atoms with Crippen molar-refractivity contribution in [2.75, 3.05) is 0 Å². The van der Waals surface area contributed by atoms with Crippen molar-refractivity contribution in [2.24, 2.45) is 5.41 Å². The van der Waals surface area contributed by atoms with Crippen molar-refractivity contribution in [1.82, 2.24) is 0 Å². The Morgan fingerprint density at radius 2 is 1.74 bits per heavy atom. The zero-order valence-electron chi connectivity index (χ0n) is 12.1. The number of carboxylic acids is 1. The summed E-state index contributed by atoms with van der Waals surface area (Å²) in [5.74, 6) is -1.35. The van der Waals surface area contributed by atoms with Crippen molar-refractivity contribution in [1.29, 1.82) is 0 Å². The van der Waals surface area contributed by atoms with E-state index in [-0.39, 0.29) is 18.0 Å². The van der Waals surface area contributed by atoms with Crippen molar-refractivity contribution >= 4 is 11.9 Å². The number of carbonyl (C=O) groups is 2. The SMILES string of the molecule is C=C(C(=O)O)C1(CC(=O)OC(C)(C)C)CCCCC1. The quantitative estimate of drug-likeness (QED) is 0.627. The van der Waals surface area contributed by atoms with Gasteiger partial charge in [-0.2, -0.15) is 0 Å². The lowest BCUT2D eigenvalue weighted by Gasteiger charge is -2.37. The summed E-state index contributed by atoms with van der Waals surface area (Å²) in [4.78, 5) is 23.2. The maximum atomic E-state index is 12.0. The number of carboxylic acid groups (broad SMARTS) is 1. The van der Waals surface area contributed by atoms with Crippen LogP contribution in [0.15, 0.2) is 12.2 Å². The molecule has 0 saturated heterocycles. The van der Waals surface area contributed by atoms with Crippen molar-refractivity contribution < 1.29 is 19.4 Å². The van der Waals surface area contributed by atoms with Crippen LogP contribution >= 0.6 is 0 Å². The molecule has 108 valence electrons. The third-order valence-corrected chi connectivity index (χ3v) is 3.61. The first-order chi connectivity index (χ1) is 8.66. The zero-order valence-corrected chi connectivity index (χ0v) is 12.1. The molecule has 0 radical (unpaired) electrons. The molecule has 4 nitrogen and oxygen atoms in total. The molecule has 1 rings (SSSR count). The second kappa shape index (κ2) is 5.76. The molecule has 0 unspecified atom stereocenters. The van der Waals surface area contributed by atoms with Crippen LogP contribution < -0.4 is 0 Å². The van der Waals surface area contributed by atoms with Gasteiger partial charge in [0.2, 0.25) is 0 Å². The molecule has 0 heterocycles. The average Bonchev–Trinajstić information content (AvgIpc) is 2.26. The predicted molar refractivity (Wildman–Crippen MR) is 72.8 cm³/mol. The van der Waals surface area contributed by atoms with E-state index in [0.717, 1.165) is 19.3 Å². The monoisotopic (exact) mass is 268 g/mol. The highest BCUT2D eigenvalue weighted by atomic mass is 16.6. The lowest BCUT2D eigenvalue weighted by atomic mass is 9.67. The van der Waals surface area contributed by atoms with E-state index in [2.05, 4.69) is 6.58 Å². The van der Waals surface area contributed by atoms with E-state index in [1.807, 2.05) is 20.8 Å². The van der Waals surface area contributed by atoms with E-state index >= 15 is 0 Å². The van der Waals surface area contributed by atoms with Crippen molar-refractivity contribution in [3.63, 3.8) is 0 Å². The van der Waals surface area contributed by atoms with Gasteiger partial charge in [-0.05, 0) is 33.6 Å². The molecule has 0 aromatic carbocycles. The van der Waals surface area contributed by atoms with Gasteiger partial charge in [0.25, 0.3) is 0 Å². The van der Waals surface area contributed by atoms with Gasteiger partial charge in [0.05, 0.1) is 6.42 Å². The number of hydrogen-bond acceptors (Lipinski definition) is 3. The Morgan fingerprint density at radius 3 is 2.16 bits per heavy atom. The molecule has 0 spiro atoms. The minimum absolute atomic E-state index is 0.120. The largest absolute Gasteiger partial charge is 0.478 e. The number of carbonyl (C=O) groups excluding carboxylic acids is 1. The number of rotatable bonds is 4. The van der Waals surface area contributed by atoms with Crippen LogP contribution in [0.2, 0.25) is 0 Å². The molecule has 0 aromatic rings. The third-order valence-electron chi connectivity index (χ3n) is 3.61. The van der Waals surface area contributed by atoms with Crippen LogP contribution in [0.4, 0.5) is 0 Å². The van der Waals surface area contributed by atoms with Gasteiger partial charge in [-0.25, -0.2) is 4.79 Å². The van der Waals surface area contributed by atoms with Crippen molar-refractivity contribution in [3.8, 4) is 0 Å². The maximum Gasteiger partial charge on any atom is 0.331 e. The smallest absolute Gasteiger partial charge is 0.331 e. The lowest BCUT2D eigenvalue weighted by molar-refractivity contribution is -0.157. The number of hydrogen-bond donors (Lipinski definition) is 1. The average molecular weight is 268 g/mol. The van der Waals surface area contributed by atoms with Gasteiger partial charge >= 0.3 is 11.9 Å². The summed E-state index contributed by atoms with van der Waals surface area (Å²) in [6.45, 7) is 9.12. The van der Waals surface area contributed by atoms with Gasteiger partial charge in [0, 0.05) is 11.0 Å². The summed E-state index contributed by atoms with van der Waals surface area (Å²) in [7, 11) is 0. The molecule has 0 atom stereocenters. The van der Waals surface area contributed by atoms with Crippen molar-refractivity contribution in [3.05, 3.63) is 12.2 Å². The Balaban J connectivity index is 2.84. The first-order valence-corrected chi connectivity index (χ1v) is 6.81.